The summed E-state index contributed by atoms with van der Waals surface area (Å²) in [5, 5.41) is 14.6. The zero-order valence-electron chi connectivity index (χ0n) is 10.0. The third-order valence-electron chi connectivity index (χ3n) is 2.55. The lowest BCUT2D eigenvalue weighted by molar-refractivity contribution is -0.384. The Morgan fingerprint density at radius 3 is 2.89 bits per heavy atom. The van der Waals surface area contributed by atoms with Crippen LogP contribution < -0.4 is 5.73 Å². The highest BCUT2D eigenvalue weighted by Gasteiger charge is 2.17. The molecule has 19 heavy (non-hydrogen) atoms. The second kappa shape index (κ2) is 5.45. The number of nitrogens with two attached hydrogens (primary N) is 1. The van der Waals surface area contributed by atoms with Crippen LogP contribution in [0.4, 0.5) is 5.69 Å². The summed E-state index contributed by atoms with van der Waals surface area (Å²) in [5.41, 5.74) is 6.21. The average Bonchev–Trinajstić information content (AvgIpc) is 2.86. The van der Waals surface area contributed by atoms with E-state index in [0.717, 1.165) is 0 Å². The molecule has 2 aromatic rings. The summed E-state index contributed by atoms with van der Waals surface area (Å²) in [7, 11) is 0. The summed E-state index contributed by atoms with van der Waals surface area (Å²) in [6.07, 6.45) is 0.678. The largest absolute Gasteiger partial charge is 0.334 e. The Morgan fingerprint density at radius 1 is 1.53 bits per heavy atom. The molecule has 2 rings (SSSR count). The van der Waals surface area contributed by atoms with Crippen LogP contribution in [0.25, 0.3) is 11.5 Å². The van der Waals surface area contributed by atoms with Crippen molar-refractivity contribution in [3.63, 3.8) is 0 Å². The monoisotopic (exact) mass is 326 g/mol. The molecule has 0 radical (unpaired) electrons. The van der Waals surface area contributed by atoms with E-state index >= 15 is 0 Å². The fourth-order valence-corrected chi connectivity index (χ4v) is 1.97. The number of nitro groups is 1. The van der Waals surface area contributed by atoms with Gasteiger partial charge >= 0.3 is 0 Å². The van der Waals surface area contributed by atoms with Gasteiger partial charge in [0.2, 0.25) is 0 Å². The van der Waals surface area contributed by atoms with Crippen molar-refractivity contribution in [2.75, 3.05) is 0 Å². The Balaban J connectivity index is 2.41. The van der Waals surface area contributed by atoms with E-state index in [2.05, 4.69) is 26.1 Å². The Bertz CT molecular complexity index is 614. The number of hydrogen-bond donors (Lipinski definition) is 1. The van der Waals surface area contributed by atoms with Gasteiger partial charge < -0.3 is 10.3 Å². The number of benzene rings is 1. The number of hydrogen-bond acceptors (Lipinski definition) is 6. The van der Waals surface area contributed by atoms with Gasteiger partial charge in [-0.1, -0.05) is 28.0 Å². The first-order valence-electron chi connectivity index (χ1n) is 5.55. The molecule has 0 amide bonds. The van der Waals surface area contributed by atoms with Gasteiger partial charge in [-0.2, -0.15) is 4.98 Å². The van der Waals surface area contributed by atoms with Crippen molar-refractivity contribution >= 4 is 21.6 Å². The van der Waals surface area contributed by atoms with Crippen LogP contribution in [0.2, 0.25) is 0 Å². The molecule has 0 bridgehead atoms. The van der Waals surface area contributed by atoms with Crippen LogP contribution in [-0.4, -0.2) is 15.1 Å². The molecule has 0 aliphatic carbocycles. The minimum absolute atomic E-state index is 0.0519. The minimum atomic E-state index is -0.483. The molecular weight excluding hydrogens is 316 g/mol. The van der Waals surface area contributed by atoms with Gasteiger partial charge in [0.1, 0.15) is 0 Å². The van der Waals surface area contributed by atoms with Crippen molar-refractivity contribution in [1.82, 2.24) is 10.1 Å². The van der Waals surface area contributed by atoms with E-state index in [1.807, 2.05) is 6.92 Å². The molecule has 1 heterocycles. The maximum absolute atomic E-state index is 10.8. The van der Waals surface area contributed by atoms with Crippen LogP contribution in [0.1, 0.15) is 25.2 Å². The second-order valence-electron chi connectivity index (χ2n) is 3.93. The molecule has 100 valence electrons. The highest BCUT2D eigenvalue weighted by Crippen LogP contribution is 2.28. The van der Waals surface area contributed by atoms with Crippen LogP contribution in [-0.2, 0) is 0 Å². The zero-order chi connectivity index (χ0) is 14.0. The first kappa shape index (κ1) is 13.6. The smallest absolute Gasteiger partial charge is 0.271 e. The molecule has 0 saturated carbocycles. The van der Waals surface area contributed by atoms with Gasteiger partial charge in [0.05, 0.1) is 11.0 Å². The molecule has 0 fully saturated rings. The van der Waals surface area contributed by atoms with Gasteiger partial charge in [0.15, 0.2) is 5.82 Å². The Morgan fingerprint density at radius 2 is 2.26 bits per heavy atom. The van der Waals surface area contributed by atoms with Gasteiger partial charge in [0.25, 0.3) is 11.6 Å². The second-order valence-corrected chi connectivity index (χ2v) is 4.84. The maximum Gasteiger partial charge on any atom is 0.271 e. The molecule has 7 nitrogen and oxygen atoms in total. The van der Waals surface area contributed by atoms with Gasteiger partial charge in [0, 0.05) is 22.2 Å². The summed E-state index contributed by atoms with van der Waals surface area (Å²) in [6.45, 7) is 1.91. The summed E-state index contributed by atoms with van der Waals surface area (Å²) in [4.78, 5) is 14.5. The first-order valence-corrected chi connectivity index (χ1v) is 6.35. The fraction of sp³-hybridized carbons (Fsp3) is 0.273. The number of nitro benzene ring substituents is 1. The van der Waals surface area contributed by atoms with E-state index in [9.17, 15) is 10.1 Å². The molecule has 1 unspecified atom stereocenters. The summed E-state index contributed by atoms with van der Waals surface area (Å²) in [5.74, 6) is 0.600. The fourth-order valence-electron chi connectivity index (χ4n) is 1.49. The molecule has 1 aromatic carbocycles. The van der Waals surface area contributed by atoms with Crippen LogP contribution in [0, 0.1) is 10.1 Å². The molecule has 1 aromatic heterocycles. The van der Waals surface area contributed by atoms with Crippen LogP contribution in [0.3, 0.4) is 0 Å². The van der Waals surface area contributed by atoms with Gasteiger partial charge in [-0.05, 0) is 12.5 Å². The molecule has 8 heteroatoms. The van der Waals surface area contributed by atoms with Crippen molar-refractivity contribution in [2.45, 2.75) is 19.4 Å². The molecule has 0 aliphatic rings. The predicted octanol–water partition coefficient (Wildman–Crippen LogP) is 2.82. The van der Waals surface area contributed by atoms with Crippen molar-refractivity contribution < 1.29 is 9.45 Å². The van der Waals surface area contributed by atoms with Crippen LogP contribution >= 0.6 is 15.9 Å². The Hall–Kier alpha value is -1.80. The Labute approximate surface area is 117 Å². The lowest BCUT2D eigenvalue weighted by atomic mass is 10.2. The standard InChI is InChI=1S/C11H11BrN4O3/c1-2-9(13)10-14-11(19-15-10)6-3-7(12)5-8(4-6)16(17)18/h3-5,9H,2,13H2,1H3. The van der Waals surface area contributed by atoms with Crippen LogP contribution in [0.5, 0.6) is 0 Å². The highest BCUT2D eigenvalue weighted by atomic mass is 79.9. The minimum Gasteiger partial charge on any atom is -0.334 e. The molecule has 1 atom stereocenters. The molecular formula is C11H11BrN4O3. The topological polar surface area (TPSA) is 108 Å². The SMILES string of the molecule is CCC(N)c1noc(-c2cc(Br)cc([N+](=O)[O-])c2)n1. The van der Waals surface area contributed by atoms with E-state index in [4.69, 9.17) is 10.3 Å². The van der Waals surface area contributed by atoms with E-state index < -0.39 is 4.92 Å². The number of aromatic nitrogens is 2. The van der Waals surface area contributed by atoms with Crippen molar-refractivity contribution in [1.29, 1.82) is 0 Å². The van der Waals surface area contributed by atoms with Crippen molar-refractivity contribution in [3.05, 3.63) is 38.6 Å². The third kappa shape index (κ3) is 2.96. The summed E-state index contributed by atoms with van der Waals surface area (Å²) in [6, 6.07) is 4.14. The summed E-state index contributed by atoms with van der Waals surface area (Å²) >= 11 is 3.21. The number of nitrogens with zero attached hydrogens (tertiary/aromatic N) is 3. The number of rotatable bonds is 4. The quantitative estimate of drug-likeness (QED) is 0.683. The lowest BCUT2D eigenvalue weighted by Crippen LogP contribution is -2.10. The average molecular weight is 327 g/mol. The van der Waals surface area contributed by atoms with E-state index in [1.165, 1.54) is 12.1 Å². The summed E-state index contributed by atoms with van der Waals surface area (Å²) < 4.78 is 5.64. The normalized spacial score (nSPS) is 12.4. The van der Waals surface area contributed by atoms with E-state index in [-0.39, 0.29) is 17.6 Å². The van der Waals surface area contributed by atoms with Gasteiger partial charge in [-0.25, -0.2) is 0 Å². The van der Waals surface area contributed by atoms with Crippen molar-refractivity contribution in [2.24, 2.45) is 5.73 Å². The molecule has 0 saturated heterocycles. The molecule has 0 spiro atoms. The van der Waals surface area contributed by atoms with Gasteiger partial charge in [-0.15, -0.1) is 0 Å². The van der Waals surface area contributed by atoms with E-state index in [1.54, 1.807) is 6.07 Å². The number of non-ortho nitro benzene ring substituents is 1. The van der Waals surface area contributed by atoms with Crippen molar-refractivity contribution in [3.8, 4) is 11.5 Å². The van der Waals surface area contributed by atoms with E-state index in [0.29, 0.717) is 22.3 Å². The maximum atomic E-state index is 10.8. The third-order valence-corrected chi connectivity index (χ3v) is 3.01. The zero-order valence-corrected chi connectivity index (χ0v) is 11.6. The first-order chi connectivity index (χ1) is 9.01. The predicted molar refractivity (Wildman–Crippen MR) is 71.3 cm³/mol. The lowest BCUT2D eigenvalue weighted by Gasteiger charge is -1.99. The van der Waals surface area contributed by atoms with Gasteiger partial charge in [-0.3, -0.25) is 10.1 Å². The highest BCUT2D eigenvalue weighted by molar-refractivity contribution is 9.10. The molecule has 0 aliphatic heterocycles. The Kier molecular flexibility index (Phi) is 3.91. The number of halogens is 1. The van der Waals surface area contributed by atoms with Crippen LogP contribution in [0.15, 0.2) is 27.2 Å². The molecule has 2 N–H and O–H groups in total.